The van der Waals surface area contributed by atoms with Gasteiger partial charge in [0.2, 0.25) is 0 Å². The summed E-state index contributed by atoms with van der Waals surface area (Å²) in [6, 6.07) is 9.77. The Kier molecular flexibility index (Phi) is 2.96. The Hall–Kier alpha value is -0.820. The number of nitrogens with one attached hydrogen (secondary N) is 1. The van der Waals surface area contributed by atoms with E-state index in [0.717, 1.165) is 18.5 Å². The summed E-state index contributed by atoms with van der Waals surface area (Å²) in [5, 5.41) is 3.72. The van der Waals surface area contributed by atoms with Crippen molar-refractivity contribution in [3.05, 3.63) is 35.4 Å². The van der Waals surface area contributed by atoms with Gasteiger partial charge in [-0.25, -0.2) is 0 Å². The third kappa shape index (κ3) is 2.30. The summed E-state index contributed by atoms with van der Waals surface area (Å²) < 4.78 is 0. The average Bonchev–Trinajstić information content (AvgIpc) is 3.04. The number of benzene rings is 1. The van der Waals surface area contributed by atoms with E-state index in [1.54, 1.807) is 5.56 Å². The fraction of sp³-hybridized carbons (Fsp3) is 0.600. The smallest absolute Gasteiger partial charge is 0.0210 e. The SMILES string of the molecule is c1ccc(C2CC2)c(CNC2CCCC2)c1. The summed E-state index contributed by atoms with van der Waals surface area (Å²) in [5.74, 6) is 0.876. The van der Waals surface area contributed by atoms with E-state index >= 15 is 0 Å². The second-order valence-corrected chi connectivity index (χ2v) is 5.34. The molecule has 3 rings (SSSR count). The molecule has 0 saturated heterocycles. The van der Waals surface area contributed by atoms with Crippen LogP contribution < -0.4 is 5.32 Å². The maximum atomic E-state index is 3.72. The molecule has 0 bridgehead atoms. The van der Waals surface area contributed by atoms with E-state index in [9.17, 15) is 0 Å². The van der Waals surface area contributed by atoms with Gasteiger partial charge >= 0.3 is 0 Å². The third-order valence-electron chi connectivity index (χ3n) is 4.01. The summed E-state index contributed by atoms with van der Waals surface area (Å²) in [6.45, 7) is 1.08. The zero-order chi connectivity index (χ0) is 10.8. The molecule has 0 unspecified atom stereocenters. The molecule has 86 valence electrons. The van der Waals surface area contributed by atoms with Crippen LogP contribution in [0.3, 0.4) is 0 Å². The van der Waals surface area contributed by atoms with Gasteiger partial charge < -0.3 is 5.32 Å². The molecule has 1 aromatic rings. The van der Waals surface area contributed by atoms with Crippen LogP contribution >= 0.6 is 0 Å². The van der Waals surface area contributed by atoms with Gasteiger partial charge in [0.1, 0.15) is 0 Å². The Labute approximate surface area is 98.3 Å². The molecule has 16 heavy (non-hydrogen) atoms. The van der Waals surface area contributed by atoms with Crippen molar-refractivity contribution in [3.8, 4) is 0 Å². The fourth-order valence-electron chi connectivity index (χ4n) is 2.87. The summed E-state index contributed by atoms with van der Waals surface area (Å²) in [7, 11) is 0. The molecular formula is C15H21N. The van der Waals surface area contributed by atoms with Crippen molar-refractivity contribution in [2.24, 2.45) is 0 Å². The van der Waals surface area contributed by atoms with Crippen molar-refractivity contribution in [2.45, 2.75) is 57.0 Å². The van der Waals surface area contributed by atoms with E-state index < -0.39 is 0 Å². The highest BCUT2D eigenvalue weighted by Crippen LogP contribution is 2.41. The second kappa shape index (κ2) is 4.58. The summed E-state index contributed by atoms with van der Waals surface area (Å²) in [4.78, 5) is 0. The average molecular weight is 215 g/mol. The summed E-state index contributed by atoms with van der Waals surface area (Å²) in [5.41, 5.74) is 3.14. The normalized spacial score (nSPS) is 21.5. The highest BCUT2D eigenvalue weighted by Gasteiger charge is 2.25. The van der Waals surface area contributed by atoms with Crippen molar-refractivity contribution in [3.63, 3.8) is 0 Å². The maximum Gasteiger partial charge on any atom is 0.0210 e. The largest absolute Gasteiger partial charge is 0.310 e. The maximum absolute atomic E-state index is 3.72. The van der Waals surface area contributed by atoms with E-state index in [2.05, 4.69) is 29.6 Å². The molecule has 0 spiro atoms. The van der Waals surface area contributed by atoms with Crippen LogP contribution in [-0.4, -0.2) is 6.04 Å². The van der Waals surface area contributed by atoms with Gasteiger partial charge in [-0.3, -0.25) is 0 Å². The van der Waals surface area contributed by atoms with Gasteiger partial charge in [0, 0.05) is 12.6 Å². The second-order valence-electron chi connectivity index (χ2n) is 5.34. The van der Waals surface area contributed by atoms with Crippen molar-refractivity contribution in [1.82, 2.24) is 5.32 Å². The quantitative estimate of drug-likeness (QED) is 0.809. The highest BCUT2D eigenvalue weighted by atomic mass is 14.9. The van der Waals surface area contributed by atoms with Crippen LogP contribution in [0.5, 0.6) is 0 Å². The molecule has 1 N–H and O–H groups in total. The minimum atomic E-state index is 0.784. The van der Waals surface area contributed by atoms with Crippen LogP contribution in [0.1, 0.15) is 55.6 Å². The Morgan fingerprint density at radius 2 is 1.75 bits per heavy atom. The van der Waals surface area contributed by atoms with Gasteiger partial charge in [-0.05, 0) is 42.7 Å². The minimum absolute atomic E-state index is 0.784. The molecular weight excluding hydrogens is 194 g/mol. The molecule has 0 amide bonds. The standard InChI is InChI=1S/C15H21N/c1-4-8-15(12-9-10-12)13(5-1)11-16-14-6-2-3-7-14/h1,4-5,8,12,14,16H,2-3,6-7,9-11H2. The molecule has 0 aliphatic heterocycles. The van der Waals surface area contributed by atoms with Gasteiger partial charge in [-0.1, -0.05) is 37.1 Å². The molecule has 0 aromatic heterocycles. The lowest BCUT2D eigenvalue weighted by atomic mass is 10.0. The van der Waals surface area contributed by atoms with Crippen LogP contribution in [0.15, 0.2) is 24.3 Å². The molecule has 0 atom stereocenters. The Morgan fingerprint density at radius 3 is 2.50 bits per heavy atom. The minimum Gasteiger partial charge on any atom is -0.310 e. The Balaban J connectivity index is 1.64. The van der Waals surface area contributed by atoms with Gasteiger partial charge in [0.05, 0.1) is 0 Å². The molecule has 1 heteroatoms. The first-order valence-corrected chi connectivity index (χ1v) is 6.74. The van der Waals surface area contributed by atoms with Gasteiger partial charge in [0.15, 0.2) is 0 Å². The van der Waals surface area contributed by atoms with E-state index in [1.807, 2.05) is 0 Å². The molecule has 1 aromatic carbocycles. The molecule has 2 aliphatic rings. The summed E-state index contributed by atoms with van der Waals surface area (Å²) in [6.07, 6.45) is 8.40. The lowest BCUT2D eigenvalue weighted by Crippen LogP contribution is -2.25. The molecule has 2 saturated carbocycles. The number of rotatable bonds is 4. The lowest BCUT2D eigenvalue weighted by molar-refractivity contribution is 0.523. The van der Waals surface area contributed by atoms with E-state index in [1.165, 1.54) is 44.1 Å². The Bertz CT molecular complexity index is 348. The fourth-order valence-corrected chi connectivity index (χ4v) is 2.87. The van der Waals surface area contributed by atoms with E-state index in [4.69, 9.17) is 0 Å². The van der Waals surface area contributed by atoms with Crippen molar-refractivity contribution in [2.75, 3.05) is 0 Å². The van der Waals surface area contributed by atoms with E-state index in [0.29, 0.717) is 0 Å². The highest BCUT2D eigenvalue weighted by molar-refractivity contribution is 5.33. The third-order valence-corrected chi connectivity index (χ3v) is 4.01. The zero-order valence-corrected chi connectivity index (χ0v) is 9.91. The molecule has 2 aliphatic carbocycles. The number of hydrogen-bond acceptors (Lipinski definition) is 1. The summed E-state index contributed by atoms with van der Waals surface area (Å²) >= 11 is 0. The molecule has 0 heterocycles. The lowest BCUT2D eigenvalue weighted by Gasteiger charge is -2.14. The van der Waals surface area contributed by atoms with Crippen molar-refractivity contribution < 1.29 is 0 Å². The molecule has 1 nitrogen and oxygen atoms in total. The van der Waals surface area contributed by atoms with Crippen molar-refractivity contribution in [1.29, 1.82) is 0 Å². The molecule has 0 radical (unpaired) electrons. The first-order valence-electron chi connectivity index (χ1n) is 6.74. The topological polar surface area (TPSA) is 12.0 Å². The first kappa shape index (κ1) is 10.3. The van der Waals surface area contributed by atoms with Gasteiger partial charge in [-0.2, -0.15) is 0 Å². The van der Waals surface area contributed by atoms with Crippen LogP contribution in [0.4, 0.5) is 0 Å². The zero-order valence-electron chi connectivity index (χ0n) is 9.91. The first-order chi connectivity index (χ1) is 7.93. The van der Waals surface area contributed by atoms with Crippen LogP contribution in [-0.2, 0) is 6.54 Å². The van der Waals surface area contributed by atoms with Gasteiger partial charge in [-0.15, -0.1) is 0 Å². The molecule has 2 fully saturated rings. The van der Waals surface area contributed by atoms with E-state index in [-0.39, 0.29) is 0 Å². The number of hydrogen-bond donors (Lipinski definition) is 1. The van der Waals surface area contributed by atoms with Crippen LogP contribution in [0.2, 0.25) is 0 Å². The Morgan fingerprint density at radius 1 is 1.00 bits per heavy atom. The monoisotopic (exact) mass is 215 g/mol. The van der Waals surface area contributed by atoms with Crippen LogP contribution in [0, 0.1) is 0 Å². The predicted octanol–water partition coefficient (Wildman–Crippen LogP) is 3.60. The van der Waals surface area contributed by atoms with Gasteiger partial charge in [0.25, 0.3) is 0 Å². The van der Waals surface area contributed by atoms with Crippen LogP contribution in [0.25, 0.3) is 0 Å². The van der Waals surface area contributed by atoms with Crippen molar-refractivity contribution >= 4 is 0 Å². The predicted molar refractivity (Wildman–Crippen MR) is 67.5 cm³/mol.